The van der Waals surface area contributed by atoms with Crippen molar-refractivity contribution < 1.29 is 4.74 Å². The van der Waals surface area contributed by atoms with Crippen LogP contribution in [0.2, 0.25) is 0 Å². The summed E-state index contributed by atoms with van der Waals surface area (Å²) < 4.78 is 5.44. The summed E-state index contributed by atoms with van der Waals surface area (Å²) in [5, 5.41) is 0. The third-order valence-electron chi connectivity index (χ3n) is 4.17. The molecule has 3 nitrogen and oxygen atoms in total. The maximum Gasteiger partial charge on any atom is 0.0592 e. The van der Waals surface area contributed by atoms with Gasteiger partial charge in [0.25, 0.3) is 0 Å². The highest BCUT2D eigenvalue weighted by atomic mass is 16.5. The number of nitrogens with zero attached hydrogens (tertiary/aromatic N) is 1. The summed E-state index contributed by atoms with van der Waals surface area (Å²) in [4.78, 5) is 4.21. The minimum absolute atomic E-state index is 0.163. The number of aromatic nitrogens is 1. The van der Waals surface area contributed by atoms with Crippen molar-refractivity contribution in [3.05, 3.63) is 30.1 Å². The Labute approximate surface area is 89.6 Å². The molecular formula is C12H16N2O. The molecule has 1 aromatic heterocycles. The van der Waals surface area contributed by atoms with Gasteiger partial charge in [-0.2, -0.15) is 0 Å². The molecule has 3 heteroatoms. The standard InChI is InChI=1S/C12H16N2O/c13-7-11(3-4-11)12(8-15-9-12)10-2-1-5-14-6-10/h1-2,5-6H,3-4,7-9,13H2. The molecular weight excluding hydrogens is 188 g/mol. The van der Waals surface area contributed by atoms with Gasteiger partial charge in [0.2, 0.25) is 0 Å². The van der Waals surface area contributed by atoms with E-state index in [9.17, 15) is 0 Å². The zero-order valence-corrected chi connectivity index (χ0v) is 8.78. The van der Waals surface area contributed by atoms with Gasteiger partial charge in [0.05, 0.1) is 18.6 Å². The molecule has 1 aromatic rings. The van der Waals surface area contributed by atoms with Crippen molar-refractivity contribution in [1.82, 2.24) is 4.98 Å². The lowest BCUT2D eigenvalue weighted by atomic mass is 9.66. The van der Waals surface area contributed by atoms with Gasteiger partial charge in [-0.25, -0.2) is 0 Å². The van der Waals surface area contributed by atoms with Crippen LogP contribution in [0.25, 0.3) is 0 Å². The molecule has 3 rings (SSSR count). The Morgan fingerprint density at radius 2 is 2.20 bits per heavy atom. The average molecular weight is 204 g/mol. The predicted molar refractivity (Wildman–Crippen MR) is 57.5 cm³/mol. The highest BCUT2D eigenvalue weighted by molar-refractivity contribution is 5.33. The van der Waals surface area contributed by atoms with E-state index in [1.165, 1.54) is 18.4 Å². The first-order valence-electron chi connectivity index (χ1n) is 5.51. The molecule has 0 radical (unpaired) electrons. The largest absolute Gasteiger partial charge is 0.379 e. The van der Waals surface area contributed by atoms with Crippen molar-refractivity contribution in [3.8, 4) is 0 Å². The monoisotopic (exact) mass is 204 g/mol. The van der Waals surface area contributed by atoms with Crippen LogP contribution in [-0.2, 0) is 10.2 Å². The SMILES string of the molecule is NCC1(C2(c3cccnc3)COC2)CC1. The van der Waals surface area contributed by atoms with Gasteiger partial charge < -0.3 is 10.5 Å². The van der Waals surface area contributed by atoms with E-state index in [2.05, 4.69) is 11.1 Å². The molecule has 1 aliphatic heterocycles. The molecule has 0 spiro atoms. The van der Waals surface area contributed by atoms with E-state index in [1.54, 1.807) is 0 Å². The molecule has 2 N–H and O–H groups in total. The van der Waals surface area contributed by atoms with Crippen molar-refractivity contribution in [1.29, 1.82) is 0 Å². The Morgan fingerprint density at radius 3 is 2.60 bits per heavy atom. The molecule has 80 valence electrons. The van der Waals surface area contributed by atoms with Gasteiger partial charge in [-0.1, -0.05) is 6.07 Å². The number of nitrogens with two attached hydrogens (primary N) is 1. The van der Waals surface area contributed by atoms with E-state index in [0.29, 0.717) is 5.41 Å². The van der Waals surface area contributed by atoms with Crippen LogP contribution in [0.4, 0.5) is 0 Å². The maximum absolute atomic E-state index is 5.93. The molecule has 1 saturated heterocycles. The first-order chi connectivity index (χ1) is 7.33. The molecule has 1 aliphatic carbocycles. The zero-order chi connectivity index (χ0) is 10.4. The van der Waals surface area contributed by atoms with E-state index in [1.807, 2.05) is 18.5 Å². The summed E-state index contributed by atoms with van der Waals surface area (Å²) >= 11 is 0. The zero-order valence-electron chi connectivity index (χ0n) is 8.78. The van der Waals surface area contributed by atoms with Gasteiger partial charge >= 0.3 is 0 Å². The van der Waals surface area contributed by atoms with Crippen molar-refractivity contribution in [3.63, 3.8) is 0 Å². The summed E-state index contributed by atoms with van der Waals surface area (Å²) in [5.74, 6) is 0. The Bertz CT molecular complexity index is 355. The van der Waals surface area contributed by atoms with Gasteiger partial charge in [0.15, 0.2) is 0 Å². The van der Waals surface area contributed by atoms with Crippen molar-refractivity contribution in [2.24, 2.45) is 11.1 Å². The average Bonchev–Trinajstić information content (AvgIpc) is 2.99. The van der Waals surface area contributed by atoms with Crippen LogP contribution in [0.5, 0.6) is 0 Å². The predicted octanol–water partition coefficient (Wildman–Crippen LogP) is 1.09. The maximum atomic E-state index is 5.93. The van der Waals surface area contributed by atoms with Crippen LogP contribution in [0.3, 0.4) is 0 Å². The molecule has 2 heterocycles. The lowest BCUT2D eigenvalue weighted by Gasteiger charge is -2.48. The van der Waals surface area contributed by atoms with Crippen LogP contribution < -0.4 is 5.73 Å². The first-order valence-corrected chi connectivity index (χ1v) is 5.51. The summed E-state index contributed by atoms with van der Waals surface area (Å²) in [6, 6.07) is 4.16. The quantitative estimate of drug-likeness (QED) is 0.801. The molecule has 0 bridgehead atoms. The third kappa shape index (κ3) is 1.11. The van der Waals surface area contributed by atoms with E-state index in [0.717, 1.165) is 19.8 Å². The normalized spacial score (nSPS) is 25.7. The van der Waals surface area contributed by atoms with Gasteiger partial charge in [0.1, 0.15) is 0 Å². The number of hydrogen-bond acceptors (Lipinski definition) is 3. The summed E-state index contributed by atoms with van der Waals surface area (Å²) in [7, 11) is 0. The van der Waals surface area contributed by atoms with Crippen LogP contribution in [-0.4, -0.2) is 24.7 Å². The Balaban J connectivity index is 2.00. The number of ether oxygens (including phenoxy) is 1. The second kappa shape index (κ2) is 3.03. The smallest absolute Gasteiger partial charge is 0.0592 e. The molecule has 2 fully saturated rings. The van der Waals surface area contributed by atoms with Gasteiger partial charge in [-0.05, 0) is 36.4 Å². The summed E-state index contributed by atoms with van der Waals surface area (Å²) in [5.41, 5.74) is 7.69. The van der Waals surface area contributed by atoms with Gasteiger partial charge in [-0.15, -0.1) is 0 Å². The summed E-state index contributed by atoms with van der Waals surface area (Å²) in [6.45, 7) is 2.40. The molecule has 2 aliphatic rings. The van der Waals surface area contributed by atoms with Crippen LogP contribution in [0, 0.1) is 5.41 Å². The van der Waals surface area contributed by atoms with E-state index < -0.39 is 0 Å². The molecule has 0 aromatic carbocycles. The fourth-order valence-electron chi connectivity index (χ4n) is 2.76. The summed E-state index contributed by atoms with van der Waals surface area (Å²) in [6.07, 6.45) is 6.26. The lowest BCUT2D eigenvalue weighted by molar-refractivity contribution is -0.0974. The van der Waals surface area contributed by atoms with Gasteiger partial charge in [0, 0.05) is 12.4 Å². The highest BCUT2D eigenvalue weighted by Crippen LogP contribution is 2.61. The minimum Gasteiger partial charge on any atom is -0.379 e. The van der Waals surface area contributed by atoms with Crippen LogP contribution in [0.1, 0.15) is 18.4 Å². The molecule has 1 saturated carbocycles. The Hall–Kier alpha value is -0.930. The van der Waals surface area contributed by atoms with E-state index >= 15 is 0 Å². The van der Waals surface area contributed by atoms with Crippen LogP contribution in [0.15, 0.2) is 24.5 Å². The number of pyridine rings is 1. The number of hydrogen-bond donors (Lipinski definition) is 1. The minimum atomic E-state index is 0.163. The van der Waals surface area contributed by atoms with Crippen LogP contribution >= 0.6 is 0 Å². The van der Waals surface area contributed by atoms with E-state index in [-0.39, 0.29) is 5.41 Å². The molecule has 0 unspecified atom stereocenters. The molecule has 0 amide bonds. The van der Waals surface area contributed by atoms with Gasteiger partial charge in [-0.3, -0.25) is 4.98 Å². The molecule has 15 heavy (non-hydrogen) atoms. The highest BCUT2D eigenvalue weighted by Gasteiger charge is 2.62. The first kappa shape index (κ1) is 9.31. The number of rotatable bonds is 3. The van der Waals surface area contributed by atoms with Crippen molar-refractivity contribution in [2.75, 3.05) is 19.8 Å². The Kier molecular flexibility index (Phi) is 1.88. The van der Waals surface area contributed by atoms with Crippen molar-refractivity contribution >= 4 is 0 Å². The topological polar surface area (TPSA) is 48.1 Å². The second-order valence-electron chi connectivity index (χ2n) is 4.80. The second-order valence-corrected chi connectivity index (χ2v) is 4.80. The molecule has 0 atom stereocenters. The Morgan fingerprint density at radius 1 is 1.40 bits per heavy atom. The fourth-order valence-corrected chi connectivity index (χ4v) is 2.76. The van der Waals surface area contributed by atoms with Crippen molar-refractivity contribution in [2.45, 2.75) is 18.3 Å². The van der Waals surface area contributed by atoms with E-state index in [4.69, 9.17) is 10.5 Å². The third-order valence-corrected chi connectivity index (χ3v) is 4.17. The lowest BCUT2D eigenvalue weighted by Crippen LogP contribution is -2.56. The fraction of sp³-hybridized carbons (Fsp3) is 0.583.